The number of methoxy groups -OCH3 is 1. The Hall–Kier alpha value is -3.71. The minimum absolute atomic E-state index is 0.00886. The van der Waals surface area contributed by atoms with E-state index >= 15 is 0 Å². The number of rotatable bonds is 9. The third-order valence-electron chi connectivity index (χ3n) is 4.94. The van der Waals surface area contributed by atoms with Crippen LogP contribution in [0, 0.1) is 6.92 Å². The minimum Gasteiger partial charge on any atom is -0.466 e. The van der Waals surface area contributed by atoms with Gasteiger partial charge in [0.25, 0.3) is 11.8 Å². The van der Waals surface area contributed by atoms with Crippen LogP contribution in [0.5, 0.6) is 0 Å². The number of ether oxygens (including phenoxy) is 2. The summed E-state index contributed by atoms with van der Waals surface area (Å²) in [5.74, 6) is -2.82. The molecule has 1 aliphatic rings. The summed E-state index contributed by atoms with van der Waals surface area (Å²) in [6, 6.07) is 2.31. The fraction of sp³-hybridized carbons (Fsp3) is 0.350. The van der Waals surface area contributed by atoms with Gasteiger partial charge in [-0.3, -0.25) is 19.3 Å². The van der Waals surface area contributed by atoms with Crippen molar-refractivity contribution in [3.8, 4) is 0 Å². The van der Waals surface area contributed by atoms with Gasteiger partial charge in [-0.15, -0.1) is 11.3 Å². The second kappa shape index (κ2) is 9.42. The number of imide groups is 1. The first-order valence-electron chi connectivity index (χ1n) is 9.67. The van der Waals surface area contributed by atoms with E-state index in [4.69, 9.17) is 19.6 Å². The summed E-state index contributed by atoms with van der Waals surface area (Å²) in [4.78, 5) is 63.0. The summed E-state index contributed by atoms with van der Waals surface area (Å²) in [5, 5.41) is 4.99. The first-order chi connectivity index (χ1) is 15.6. The number of carbonyl (C=O) groups is 5. The number of nitrogens with one attached hydrogen (secondary N) is 2. The van der Waals surface area contributed by atoms with Crippen LogP contribution in [-0.2, 0) is 24.6 Å². The molecule has 0 unspecified atom stereocenters. The van der Waals surface area contributed by atoms with Gasteiger partial charge >= 0.3 is 12.0 Å². The van der Waals surface area contributed by atoms with E-state index in [1.165, 1.54) is 33.3 Å². The van der Waals surface area contributed by atoms with E-state index in [1.807, 2.05) is 0 Å². The molecule has 176 valence electrons. The van der Waals surface area contributed by atoms with E-state index in [1.54, 1.807) is 6.07 Å². The molecule has 0 spiro atoms. The van der Waals surface area contributed by atoms with E-state index in [0.717, 1.165) is 16.2 Å². The van der Waals surface area contributed by atoms with Crippen LogP contribution in [0.4, 0.5) is 9.80 Å². The van der Waals surface area contributed by atoms with Gasteiger partial charge in [0.05, 0.1) is 23.3 Å². The van der Waals surface area contributed by atoms with E-state index < -0.39 is 41.8 Å². The normalized spacial score (nSPS) is 17.7. The number of anilines is 1. The summed E-state index contributed by atoms with van der Waals surface area (Å²) >= 11 is 0.790. The molecular weight excluding hydrogens is 456 g/mol. The van der Waals surface area contributed by atoms with Gasteiger partial charge in [0, 0.05) is 7.11 Å². The second-order valence-electron chi connectivity index (χ2n) is 7.23. The number of thiophene rings is 1. The molecule has 3 rings (SSSR count). The van der Waals surface area contributed by atoms with Gasteiger partial charge in [-0.1, -0.05) is 0 Å². The lowest BCUT2D eigenvalue weighted by Crippen LogP contribution is -2.41. The highest BCUT2D eigenvalue weighted by Gasteiger charge is 2.51. The Morgan fingerprint density at radius 3 is 2.64 bits per heavy atom. The van der Waals surface area contributed by atoms with Crippen molar-refractivity contribution < 1.29 is 37.9 Å². The summed E-state index contributed by atoms with van der Waals surface area (Å²) in [6.45, 7) is 2.42. The molecular formula is C20H22N4O8S. The molecule has 13 heteroatoms. The molecule has 1 aliphatic heterocycles. The number of primary amides is 1. The largest absolute Gasteiger partial charge is 0.466 e. The average Bonchev–Trinajstić information content (AvgIpc) is 3.44. The standard InChI is InChI=1S/C20H22N4O8S/c1-10-13(17(27)32-8-7-30-3)16(33-14(10)15(21)26)22-12(25)9-24-18(28)20(2,23-19(24)29)11-5-4-6-31-11/h4-6H,7-9H2,1-3H3,(H2,21,26)(H,22,25)(H,23,29)/t20-/m1/s1. The predicted octanol–water partition coefficient (Wildman–Crippen LogP) is 0.957. The molecule has 0 saturated carbocycles. The molecule has 5 amide bonds. The van der Waals surface area contributed by atoms with Gasteiger partial charge in [0.15, 0.2) is 5.54 Å². The smallest absolute Gasteiger partial charge is 0.341 e. The maximum atomic E-state index is 12.9. The lowest BCUT2D eigenvalue weighted by Gasteiger charge is -2.18. The van der Waals surface area contributed by atoms with Crippen LogP contribution in [0.1, 0.15) is 38.3 Å². The van der Waals surface area contributed by atoms with Crippen molar-refractivity contribution in [2.45, 2.75) is 19.4 Å². The van der Waals surface area contributed by atoms with E-state index in [2.05, 4.69) is 10.6 Å². The Balaban J connectivity index is 1.79. The van der Waals surface area contributed by atoms with Gasteiger partial charge in [-0.25, -0.2) is 9.59 Å². The number of furan rings is 1. The van der Waals surface area contributed by atoms with E-state index in [0.29, 0.717) is 0 Å². The lowest BCUT2D eigenvalue weighted by molar-refractivity contribution is -0.134. The molecule has 3 heterocycles. The molecule has 0 aromatic carbocycles. The molecule has 0 bridgehead atoms. The Morgan fingerprint density at radius 2 is 2.03 bits per heavy atom. The SMILES string of the molecule is COCCOC(=O)c1c(NC(=O)CN2C(=O)N[C@](C)(c3ccco3)C2=O)sc(C(N)=O)c1C. The number of carbonyl (C=O) groups excluding carboxylic acids is 5. The summed E-state index contributed by atoms with van der Waals surface area (Å²) < 4.78 is 15.2. The van der Waals surface area contributed by atoms with Crippen LogP contribution >= 0.6 is 11.3 Å². The van der Waals surface area contributed by atoms with Crippen LogP contribution in [0.3, 0.4) is 0 Å². The third kappa shape index (κ3) is 4.59. The average molecular weight is 478 g/mol. The number of nitrogens with two attached hydrogens (primary N) is 1. The molecule has 1 atom stereocenters. The molecule has 2 aromatic rings. The zero-order valence-corrected chi connectivity index (χ0v) is 18.9. The van der Waals surface area contributed by atoms with Crippen molar-refractivity contribution in [3.63, 3.8) is 0 Å². The number of hydrogen-bond donors (Lipinski definition) is 3. The highest BCUT2D eigenvalue weighted by atomic mass is 32.1. The lowest BCUT2D eigenvalue weighted by atomic mass is 9.99. The van der Waals surface area contributed by atoms with Crippen molar-refractivity contribution >= 4 is 46.1 Å². The van der Waals surface area contributed by atoms with Crippen LogP contribution in [0.15, 0.2) is 22.8 Å². The van der Waals surface area contributed by atoms with Gasteiger partial charge in [-0.2, -0.15) is 0 Å². The number of hydrogen-bond acceptors (Lipinski definition) is 9. The summed E-state index contributed by atoms with van der Waals surface area (Å²) in [7, 11) is 1.44. The van der Waals surface area contributed by atoms with Crippen molar-refractivity contribution in [3.05, 3.63) is 40.2 Å². The first kappa shape index (κ1) is 23.9. The van der Waals surface area contributed by atoms with Gasteiger partial charge in [0.2, 0.25) is 5.91 Å². The molecule has 0 aliphatic carbocycles. The fourth-order valence-corrected chi connectivity index (χ4v) is 4.32. The molecule has 1 fully saturated rings. The zero-order chi connectivity index (χ0) is 24.3. The predicted molar refractivity (Wildman–Crippen MR) is 115 cm³/mol. The van der Waals surface area contributed by atoms with Gasteiger partial charge in [-0.05, 0) is 31.5 Å². The van der Waals surface area contributed by atoms with Crippen molar-refractivity contribution in [1.29, 1.82) is 0 Å². The Bertz CT molecular complexity index is 1110. The quantitative estimate of drug-likeness (QED) is 0.272. The maximum Gasteiger partial charge on any atom is 0.341 e. The highest BCUT2D eigenvalue weighted by molar-refractivity contribution is 7.18. The Morgan fingerprint density at radius 1 is 1.30 bits per heavy atom. The highest BCUT2D eigenvalue weighted by Crippen LogP contribution is 2.34. The van der Waals surface area contributed by atoms with Crippen molar-refractivity contribution in [2.75, 3.05) is 32.2 Å². The Labute approximate surface area is 192 Å². The van der Waals surface area contributed by atoms with Crippen LogP contribution < -0.4 is 16.4 Å². The molecule has 12 nitrogen and oxygen atoms in total. The zero-order valence-electron chi connectivity index (χ0n) is 18.1. The number of amides is 5. The second-order valence-corrected chi connectivity index (χ2v) is 8.25. The molecule has 33 heavy (non-hydrogen) atoms. The molecule has 1 saturated heterocycles. The number of nitrogens with zero attached hydrogens (tertiary/aromatic N) is 1. The molecule has 4 N–H and O–H groups in total. The minimum atomic E-state index is -1.46. The van der Waals surface area contributed by atoms with Gasteiger partial charge in [0.1, 0.15) is 23.9 Å². The monoisotopic (exact) mass is 478 g/mol. The van der Waals surface area contributed by atoms with Crippen LogP contribution in [0.25, 0.3) is 0 Å². The number of urea groups is 1. The molecule has 0 radical (unpaired) electrons. The Kier molecular flexibility index (Phi) is 6.84. The summed E-state index contributed by atoms with van der Waals surface area (Å²) in [6.07, 6.45) is 1.36. The maximum absolute atomic E-state index is 12.9. The fourth-order valence-electron chi connectivity index (χ4n) is 3.25. The topological polar surface area (TPSA) is 170 Å². The van der Waals surface area contributed by atoms with Gasteiger partial charge < -0.3 is 30.3 Å². The first-order valence-corrected chi connectivity index (χ1v) is 10.5. The van der Waals surface area contributed by atoms with Crippen molar-refractivity contribution in [1.82, 2.24) is 10.2 Å². The van der Waals surface area contributed by atoms with E-state index in [-0.39, 0.29) is 40.0 Å². The van der Waals surface area contributed by atoms with Crippen LogP contribution in [-0.4, -0.2) is 61.5 Å². The third-order valence-corrected chi connectivity index (χ3v) is 6.16. The number of esters is 1. The molecule has 2 aromatic heterocycles. The van der Waals surface area contributed by atoms with Crippen molar-refractivity contribution in [2.24, 2.45) is 5.73 Å². The van der Waals surface area contributed by atoms with E-state index in [9.17, 15) is 24.0 Å². The van der Waals surface area contributed by atoms with Crippen LogP contribution in [0.2, 0.25) is 0 Å². The summed E-state index contributed by atoms with van der Waals surface area (Å²) in [5.41, 5.74) is 4.10.